The molecule has 0 atom stereocenters. The largest absolute Gasteiger partial charge is 0.345 e. The molecule has 4 heterocycles. The second-order valence-electron chi connectivity index (χ2n) is 11.0. The van der Waals surface area contributed by atoms with E-state index in [0.717, 1.165) is 32.1 Å². The van der Waals surface area contributed by atoms with Crippen LogP contribution in [0.15, 0.2) is 73.2 Å². The number of nitrogens with one attached hydrogen (secondary N) is 3. The number of pyridine rings is 1. The minimum absolute atomic E-state index is 0.00872. The maximum atomic E-state index is 15.5. The van der Waals surface area contributed by atoms with Gasteiger partial charge in [0.2, 0.25) is 5.91 Å². The molecule has 0 radical (unpaired) electrons. The lowest BCUT2D eigenvalue weighted by Gasteiger charge is -2.20. The Morgan fingerprint density at radius 1 is 1.02 bits per heavy atom. The van der Waals surface area contributed by atoms with Crippen molar-refractivity contribution in [2.24, 2.45) is 13.0 Å². The number of benzene rings is 2. The first-order chi connectivity index (χ1) is 21.0. The highest BCUT2D eigenvalue weighted by Crippen LogP contribution is 2.37. The van der Waals surface area contributed by atoms with Crippen molar-refractivity contribution in [1.82, 2.24) is 24.7 Å². The van der Waals surface area contributed by atoms with Crippen molar-refractivity contribution in [1.29, 1.82) is 0 Å². The van der Waals surface area contributed by atoms with Crippen LogP contribution in [0, 0.1) is 17.6 Å². The highest BCUT2D eigenvalue weighted by Gasteiger charge is 2.24. The summed E-state index contributed by atoms with van der Waals surface area (Å²) in [6.45, 7) is 0. The number of H-pyrrole nitrogens is 1. The number of hydrogen-bond acceptors (Lipinski definition) is 5. The molecule has 1 amide bonds. The van der Waals surface area contributed by atoms with E-state index in [0.29, 0.717) is 61.9 Å². The molecule has 0 bridgehead atoms. The summed E-state index contributed by atoms with van der Waals surface area (Å²) in [6.07, 6.45) is 13.5. The number of amides is 1. The molecule has 0 unspecified atom stereocenters. The molecule has 10 heteroatoms. The monoisotopic (exact) mass is 577 g/mol. The van der Waals surface area contributed by atoms with Gasteiger partial charge in [-0.2, -0.15) is 5.10 Å². The molecule has 2 aliphatic rings. The number of anilines is 2. The maximum Gasteiger partial charge on any atom is 0.227 e. The van der Waals surface area contributed by atoms with Crippen LogP contribution in [-0.2, 0) is 11.8 Å². The number of fused-ring (bicyclic) bond motifs is 2. The number of imidazole rings is 1. The van der Waals surface area contributed by atoms with Crippen LogP contribution in [0.25, 0.3) is 39.1 Å². The minimum Gasteiger partial charge on any atom is -0.345 e. The first-order valence-corrected chi connectivity index (χ1v) is 14.4. The first-order valence-electron chi connectivity index (χ1n) is 14.4. The molecule has 1 saturated carbocycles. The predicted molar refractivity (Wildman–Crippen MR) is 163 cm³/mol. The van der Waals surface area contributed by atoms with E-state index in [2.05, 4.69) is 25.7 Å². The Labute approximate surface area is 246 Å². The standard InChI is InChI=1S/C33H29F2N7O/c1-42-28-16-27(35)24(20-14-21(18-36-17-20)38-33(43)19-8-3-2-4-9-19)15-25(28)30(41-42)32-39-29-23(11-7-13-37-31(29)40-32)22-10-5-6-12-26(22)34/h5-7,10-19,37H,2-4,8-9H2,1H3,(H,38,43)(H,39,40). The summed E-state index contributed by atoms with van der Waals surface area (Å²) in [4.78, 5) is 25.2. The minimum atomic E-state index is -0.439. The van der Waals surface area contributed by atoms with Crippen molar-refractivity contribution in [2.45, 2.75) is 32.1 Å². The molecule has 0 spiro atoms. The van der Waals surface area contributed by atoms with Crippen molar-refractivity contribution >= 4 is 33.9 Å². The zero-order chi connectivity index (χ0) is 29.5. The highest BCUT2D eigenvalue weighted by atomic mass is 19.1. The van der Waals surface area contributed by atoms with Gasteiger partial charge in [-0.15, -0.1) is 0 Å². The lowest BCUT2D eigenvalue weighted by molar-refractivity contribution is -0.120. The van der Waals surface area contributed by atoms with Crippen molar-refractivity contribution < 1.29 is 13.6 Å². The SMILES string of the molecule is Cn1nc(-c2nc3c([nH]2)C(c2ccccc2F)=CC=CN3)c2cc(-c3cncc(NC(=O)C4CCCCC4)c3)c(F)cc21. The Kier molecular flexibility index (Phi) is 6.81. The number of nitrogens with zero attached hydrogens (tertiary/aromatic N) is 4. The second-order valence-corrected chi connectivity index (χ2v) is 11.0. The summed E-state index contributed by atoms with van der Waals surface area (Å²) >= 11 is 0. The van der Waals surface area contributed by atoms with Gasteiger partial charge in [-0.1, -0.05) is 43.5 Å². The molecule has 1 aliphatic heterocycles. The highest BCUT2D eigenvalue weighted by molar-refractivity contribution is 5.97. The van der Waals surface area contributed by atoms with Gasteiger partial charge in [0.05, 0.1) is 23.1 Å². The van der Waals surface area contributed by atoms with Gasteiger partial charge in [0.1, 0.15) is 17.3 Å². The van der Waals surface area contributed by atoms with Crippen LogP contribution in [-0.4, -0.2) is 30.6 Å². The van der Waals surface area contributed by atoms with E-state index >= 15 is 4.39 Å². The third-order valence-corrected chi connectivity index (χ3v) is 8.17. The molecule has 7 rings (SSSR count). The molecular weight excluding hydrogens is 548 g/mol. The Hall–Kier alpha value is -5.12. The number of halogens is 2. The lowest BCUT2D eigenvalue weighted by atomic mass is 9.88. The third-order valence-electron chi connectivity index (χ3n) is 8.17. The van der Waals surface area contributed by atoms with Gasteiger partial charge in [-0.25, -0.2) is 13.8 Å². The first kappa shape index (κ1) is 26.8. The molecule has 1 aliphatic carbocycles. The molecule has 1 fully saturated rings. The quantitative estimate of drug-likeness (QED) is 0.205. The van der Waals surface area contributed by atoms with E-state index < -0.39 is 5.82 Å². The number of aromatic nitrogens is 5. The van der Waals surface area contributed by atoms with Crippen LogP contribution in [0.1, 0.15) is 43.4 Å². The topological polar surface area (TPSA) is 101 Å². The number of allylic oxidation sites excluding steroid dienone is 2. The summed E-state index contributed by atoms with van der Waals surface area (Å²) < 4.78 is 31.9. The van der Waals surface area contributed by atoms with Gasteiger partial charge in [0.25, 0.3) is 0 Å². The Bertz CT molecular complexity index is 1930. The Morgan fingerprint density at radius 3 is 2.70 bits per heavy atom. The predicted octanol–water partition coefficient (Wildman–Crippen LogP) is 7.19. The van der Waals surface area contributed by atoms with E-state index in [-0.39, 0.29) is 17.6 Å². The van der Waals surface area contributed by atoms with Crippen LogP contribution in [0.2, 0.25) is 0 Å². The van der Waals surface area contributed by atoms with Gasteiger partial charge in [-0.05, 0) is 37.1 Å². The van der Waals surface area contributed by atoms with Gasteiger partial charge in [-0.3, -0.25) is 14.5 Å². The fraction of sp³-hybridized carbons (Fsp3) is 0.212. The number of hydrogen-bond donors (Lipinski definition) is 3. The van der Waals surface area contributed by atoms with E-state index in [9.17, 15) is 9.18 Å². The number of rotatable bonds is 5. The molecular formula is C33H29F2N7O. The number of carbonyl (C=O) groups is 1. The molecule has 43 heavy (non-hydrogen) atoms. The van der Waals surface area contributed by atoms with E-state index in [1.807, 2.05) is 6.08 Å². The van der Waals surface area contributed by atoms with Crippen LogP contribution >= 0.6 is 0 Å². The van der Waals surface area contributed by atoms with Gasteiger partial charge < -0.3 is 15.6 Å². The fourth-order valence-electron chi connectivity index (χ4n) is 5.98. The molecule has 5 aromatic rings. The number of carbonyl (C=O) groups excluding carboxylic acids is 1. The Balaban J connectivity index is 1.27. The van der Waals surface area contributed by atoms with Crippen LogP contribution in [0.4, 0.5) is 20.3 Å². The summed E-state index contributed by atoms with van der Waals surface area (Å²) in [5.41, 5.74) is 4.16. The van der Waals surface area contributed by atoms with E-state index in [4.69, 9.17) is 4.98 Å². The van der Waals surface area contributed by atoms with Crippen molar-refractivity contribution in [3.8, 4) is 22.6 Å². The zero-order valence-electron chi connectivity index (χ0n) is 23.5. The molecule has 216 valence electrons. The summed E-state index contributed by atoms with van der Waals surface area (Å²) in [6, 6.07) is 11.5. The summed E-state index contributed by atoms with van der Waals surface area (Å²) in [7, 11) is 1.74. The average molecular weight is 578 g/mol. The normalized spacial score (nSPS) is 15.1. The molecule has 2 aromatic carbocycles. The molecule has 3 aromatic heterocycles. The third kappa shape index (κ3) is 4.98. The van der Waals surface area contributed by atoms with Gasteiger partial charge in [0, 0.05) is 59.1 Å². The molecule has 0 saturated heterocycles. The molecule has 8 nitrogen and oxygen atoms in total. The smallest absolute Gasteiger partial charge is 0.227 e. The Morgan fingerprint density at radius 2 is 1.86 bits per heavy atom. The second kappa shape index (κ2) is 10.9. The molecule has 3 N–H and O–H groups in total. The van der Waals surface area contributed by atoms with E-state index in [1.165, 1.54) is 12.1 Å². The average Bonchev–Trinajstić information content (AvgIpc) is 3.51. The van der Waals surface area contributed by atoms with Crippen molar-refractivity contribution in [2.75, 3.05) is 10.6 Å². The summed E-state index contributed by atoms with van der Waals surface area (Å²) in [5.74, 6) is 0.154. The van der Waals surface area contributed by atoms with Crippen LogP contribution in [0.5, 0.6) is 0 Å². The zero-order valence-corrected chi connectivity index (χ0v) is 23.5. The number of aromatic amines is 1. The summed E-state index contributed by atoms with van der Waals surface area (Å²) in [5, 5.41) is 11.5. The van der Waals surface area contributed by atoms with E-state index in [1.54, 1.807) is 66.7 Å². The number of aryl methyl sites for hydroxylation is 1. The maximum absolute atomic E-state index is 15.5. The van der Waals surface area contributed by atoms with Gasteiger partial charge in [0.15, 0.2) is 11.6 Å². The van der Waals surface area contributed by atoms with Crippen LogP contribution < -0.4 is 10.6 Å². The fourth-order valence-corrected chi connectivity index (χ4v) is 5.98. The lowest BCUT2D eigenvalue weighted by Crippen LogP contribution is -2.24. The van der Waals surface area contributed by atoms with Crippen molar-refractivity contribution in [3.05, 3.63) is 96.1 Å². The van der Waals surface area contributed by atoms with Gasteiger partial charge >= 0.3 is 0 Å². The van der Waals surface area contributed by atoms with Crippen molar-refractivity contribution in [3.63, 3.8) is 0 Å². The van der Waals surface area contributed by atoms with Crippen LogP contribution in [0.3, 0.4) is 0 Å².